The molecule has 0 aromatic heterocycles. The summed E-state index contributed by atoms with van der Waals surface area (Å²) in [6.45, 7) is 2.36. The van der Waals surface area contributed by atoms with Gasteiger partial charge in [0.25, 0.3) is 0 Å². The Kier molecular flexibility index (Phi) is 3.01. The van der Waals surface area contributed by atoms with Crippen molar-refractivity contribution in [2.45, 2.75) is 25.3 Å². The van der Waals surface area contributed by atoms with E-state index in [1.165, 1.54) is 25.8 Å². The maximum Gasteiger partial charge on any atom is 0.0189 e. The van der Waals surface area contributed by atoms with Gasteiger partial charge in [-0.3, -0.25) is 0 Å². The zero-order chi connectivity index (χ0) is 6.53. The zero-order valence-corrected chi connectivity index (χ0v) is 6.11. The average Bonchev–Trinajstić information content (AvgIpc) is 2.13. The maximum absolute atomic E-state index is 3.39. The van der Waals surface area contributed by atoms with Crippen molar-refractivity contribution < 1.29 is 0 Å². The minimum absolute atomic E-state index is 0.715. The van der Waals surface area contributed by atoms with Gasteiger partial charge in [0, 0.05) is 12.6 Å². The quantitative estimate of drug-likeness (QED) is 0.532. The van der Waals surface area contributed by atoms with E-state index < -0.39 is 0 Å². The minimum Gasteiger partial charge on any atom is -0.316 e. The van der Waals surface area contributed by atoms with Crippen LogP contribution in [0.1, 0.15) is 19.3 Å². The molecular formula is C7H16N2. The lowest BCUT2D eigenvalue weighted by atomic mass is 10.1. The van der Waals surface area contributed by atoms with Crippen LogP contribution in [0.15, 0.2) is 0 Å². The summed E-state index contributed by atoms with van der Waals surface area (Å²) < 4.78 is 0. The molecule has 9 heavy (non-hydrogen) atoms. The Balaban J connectivity index is 2.18. The highest BCUT2D eigenvalue weighted by molar-refractivity contribution is 4.70. The van der Waals surface area contributed by atoms with Crippen LogP contribution >= 0.6 is 0 Å². The fourth-order valence-electron chi connectivity index (χ4n) is 1.27. The van der Waals surface area contributed by atoms with Crippen LogP contribution in [0.4, 0.5) is 0 Å². The van der Waals surface area contributed by atoms with E-state index in [0.717, 1.165) is 6.54 Å². The van der Waals surface area contributed by atoms with E-state index in [9.17, 15) is 0 Å². The predicted molar refractivity (Wildman–Crippen MR) is 39.6 cm³/mol. The fraction of sp³-hybridized carbons (Fsp3) is 1.00. The van der Waals surface area contributed by atoms with Crippen molar-refractivity contribution in [3.8, 4) is 0 Å². The third-order valence-corrected chi connectivity index (χ3v) is 1.96. The van der Waals surface area contributed by atoms with Gasteiger partial charge in [0.1, 0.15) is 0 Å². The number of hydrogen-bond donors (Lipinski definition) is 2. The summed E-state index contributed by atoms with van der Waals surface area (Å²) in [5, 5.41) is 6.67. The van der Waals surface area contributed by atoms with E-state index >= 15 is 0 Å². The van der Waals surface area contributed by atoms with Gasteiger partial charge in [-0.15, -0.1) is 0 Å². The first-order valence-electron chi connectivity index (χ1n) is 3.81. The standard InChI is InChI=1S/C7H16N2/c1-8-7-4-2-3-5-9-6-7/h7-9H,2-6H2,1H3. The third-order valence-electron chi connectivity index (χ3n) is 1.96. The SMILES string of the molecule is CNC1CCCCNC1. The van der Waals surface area contributed by atoms with Gasteiger partial charge < -0.3 is 10.6 Å². The zero-order valence-electron chi connectivity index (χ0n) is 6.11. The van der Waals surface area contributed by atoms with Crippen LogP contribution in [0.2, 0.25) is 0 Å². The summed E-state index contributed by atoms with van der Waals surface area (Å²) in [6.07, 6.45) is 4.06. The van der Waals surface area contributed by atoms with E-state index in [4.69, 9.17) is 0 Å². The van der Waals surface area contributed by atoms with Crippen molar-refractivity contribution in [1.82, 2.24) is 10.6 Å². The molecular weight excluding hydrogens is 112 g/mol. The Labute approximate surface area is 57.0 Å². The molecule has 1 unspecified atom stereocenters. The van der Waals surface area contributed by atoms with Gasteiger partial charge in [-0.05, 0) is 26.4 Å². The molecule has 1 fully saturated rings. The number of likely N-dealkylation sites (N-methyl/N-ethyl adjacent to an activating group) is 1. The Hall–Kier alpha value is -0.0800. The molecule has 0 bridgehead atoms. The van der Waals surface area contributed by atoms with Crippen LogP contribution in [-0.2, 0) is 0 Å². The van der Waals surface area contributed by atoms with Crippen LogP contribution in [0.25, 0.3) is 0 Å². The molecule has 2 N–H and O–H groups in total. The molecule has 1 atom stereocenters. The second-order valence-corrected chi connectivity index (χ2v) is 2.69. The highest BCUT2D eigenvalue weighted by Gasteiger charge is 2.07. The topological polar surface area (TPSA) is 24.1 Å². The molecule has 0 amide bonds. The van der Waals surface area contributed by atoms with Gasteiger partial charge in [0.05, 0.1) is 0 Å². The normalized spacial score (nSPS) is 29.7. The lowest BCUT2D eigenvalue weighted by Crippen LogP contribution is -2.34. The van der Waals surface area contributed by atoms with Gasteiger partial charge in [0.15, 0.2) is 0 Å². The summed E-state index contributed by atoms with van der Waals surface area (Å²) in [4.78, 5) is 0. The monoisotopic (exact) mass is 128 g/mol. The molecule has 54 valence electrons. The Morgan fingerprint density at radius 2 is 2.33 bits per heavy atom. The van der Waals surface area contributed by atoms with Crippen LogP contribution in [0, 0.1) is 0 Å². The molecule has 2 nitrogen and oxygen atoms in total. The summed E-state index contributed by atoms with van der Waals surface area (Å²) in [6, 6.07) is 0.715. The molecule has 1 rings (SSSR count). The molecule has 2 heteroatoms. The lowest BCUT2D eigenvalue weighted by Gasteiger charge is -2.11. The van der Waals surface area contributed by atoms with Crippen molar-refractivity contribution in [3.63, 3.8) is 0 Å². The molecule has 0 radical (unpaired) electrons. The third kappa shape index (κ3) is 2.33. The fourth-order valence-corrected chi connectivity index (χ4v) is 1.27. The van der Waals surface area contributed by atoms with Crippen molar-refractivity contribution in [2.24, 2.45) is 0 Å². The summed E-state index contributed by atoms with van der Waals surface area (Å²) in [5.41, 5.74) is 0. The maximum atomic E-state index is 3.39. The smallest absolute Gasteiger partial charge is 0.0189 e. The van der Waals surface area contributed by atoms with E-state index in [1.54, 1.807) is 0 Å². The second-order valence-electron chi connectivity index (χ2n) is 2.69. The van der Waals surface area contributed by atoms with Gasteiger partial charge >= 0.3 is 0 Å². The summed E-state index contributed by atoms with van der Waals surface area (Å²) in [5.74, 6) is 0. The molecule has 0 saturated carbocycles. The molecule has 1 saturated heterocycles. The molecule has 0 aliphatic carbocycles. The molecule has 1 heterocycles. The van der Waals surface area contributed by atoms with Gasteiger partial charge in [-0.2, -0.15) is 0 Å². The van der Waals surface area contributed by atoms with Crippen LogP contribution in [0.5, 0.6) is 0 Å². The second kappa shape index (κ2) is 3.85. The highest BCUT2D eigenvalue weighted by Crippen LogP contribution is 2.02. The largest absolute Gasteiger partial charge is 0.316 e. The molecule has 0 spiro atoms. The van der Waals surface area contributed by atoms with Crippen LogP contribution < -0.4 is 10.6 Å². The number of rotatable bonds is 1. The van der Waals surface area contributed by atoms with Crippen LogP contribution in [-0.4, -0.2) is 26.2 Å². The van der Waals surface area contributed by atoms with E-state index in [1.807, 2.05) is 7.05 Å². The Morgan fingerprint density at radius 1 is 1.44 bits per heavy atom. The van der Waals surface area contributed by atoms with Crippen molar-refractivity contribution in [2.75, 3.05) is 20.1 Å². The predicted octanol–water partition coefficient (Wildman–Crippen LogP) is 0.348. The van der Waals surface area contributed by atoms with Gasteiger partial charge in [0.2, 0.25) is 0 Å². The first-order valence-corrected chi connectivity index (χ1v) is 3.81. The van der Waals surface area contributed by atoms with E-state index in [2.05, 4.69) is 10.6 Å². The molecule has 0 aromatic carbocycles. The highest BCUT2D eigenvalue weighted by atomic mass is 15.0. The first kappa shape index (κ1) is 7.03. The Bertz CT molecular complexity index is 65.3. The van der Waals surface area contributed by atoms with Gasteiger partial charge in [-0.1, -0.05) is 6.42 Å². The lowest BCUT2D eigenvalue weighted by molar-refractivity contribution is 0.516. The number of nitrogens with one attached hydrogen (secondary N) is 2. The molecule has 1 aliphatic rings. The summed E-state index contributed by atoms with van der Waals surface area (Å²) in [7, 11) is 2.04. The van der Waals surface area contributed by atoms with Gasteiger partial charge in [-0.25, -0.2) is 0 Å². The molecule has 0 aromatic rings. The first-order chi connectivity index (χ1) is 4.43. The van der Waals surface area contributed by atoms with Crippen molar-refractivity contribution in [1.29, 1.82) is 0 Å². The average molecular weight is 128 g/mol. The van der Waals surface area contributed by atoms with Crippen molar-refractivity contribution >= 4 is 0 Å². The summed E-state index contributed by atoms with van der Waals surface area (Å²) >= 11 is 0. The van der Waals surface area contributed by atoms with Crippen LogP contribution in [0.3, 0.4) is 0 Å². The molecule has 1 aliphatic heterocycles. The van der Waals surface area contributed by atoms with E-state index in [-0.39, 0.29) is 0 Å². The van der Waals surface area contributed by atoms with Crippen molar-refractivity contribution in [3.05, 3.63) is 0 Å². The minimum atomic E-state index is 0.715. The number of hydrogen-bond acceptors (Lipinski definition) is 2. The Morgan fingerprint density at radius 3 is 3.11 bits per heavy atom. The van der Waals surface area contributed by atoms with E-state index in [0.29, 0.717) is 6.04 Å².